The number of methoxy groups -OCH3 is 1. The zero-order chi connectivity index (χ0) is 21.2. The van der Waals surface area contributed by atoms with E-state index in [1.54, 1.807) is 36.1 Å². The SMILES string of the molecule is C=C/C(=C/C)[C@@H](CO)C(=O)N1Cc2cn(S(=O)(=O)c3ccc(OC)cc3)nc2C1. The highest BCUT2D eigenvalue weighted by Crippen LogP contribution is 2.27. The Bertz CT molecular complexity index is 1030. The van der Waals surface area contributed by atoms with Crippen LogP contribution in [0.15, 0.2) is 59.7 Å². The van der Waals surface area contributed by atoms with Gasteiger partial charge in [0.2, 0.25) is 5.91 Å². The molecule has 0 radical (unpaired) electrons. The lowest BCUT2D eigenvalue weighted by molar-refractivity contribution is -0.136. The molecular weight excluding hydrogens is 394 g/mol. The Morgan fingerprint density at radius 3 is 2.55 bits per heavy atom. The first-order valence-corrected chi connectivity index (χ1v) is 10.4. The van der Waals surface area contributed by atoms with Gasteiger partial charge in [-0.2, -0.15) is 17.6 Å². The molecule has 1 N–H and O–H groups in total. The second-order valence-electron chi connectivity index (χ2n) is 6.58. The van der Waals surface area contributed by atoms with Crippen molar-refractivity contribution < 1.29 is 23.1 Å². The number of carbonyl (C=O) groups is 1. The summed E-state index contributed by atoms with van der Waals surface area (Å²) in [6.07, 6.45) is 4.72. The van der Waals surface area contributed by atoms with Gasteiger partial charge in [0.25, 0.3) is 10.0 Å². The van der Waals surface area contributed by atoms with E-state index in [-0.39, 0.29) is 30.5 Å². The summed E-state index contributed by atoms with van der Waals surface area (Å²) in [5, 5.41) is 13.8. The van der Waals surface area contributed by atoms with Crippen molar-refractivity contribution in [1.82, 2.24) is 14.1 Å². The van der Waals surface area contributed by atoms with E-state index in [1.165, 1.54) is 25.4 Å². The van der Waals surface area contributed by atoms with Crippen molar-refractivity contribution in [3.8, 4) is 5.75 Å². The van der Waals surface area contributed by atoms with Gasteiger partial charge in [-0.15, -0.1) is 0 Å². The smallest absolute Gasteiger partial charge is 0.282 e. The predicted molar refractivity (Wildman–Crippen MR) is 107 cm³/mol. The fraction of sp³-hybridized carbons (Fsp3) is 0.300. The molecule has 9 heteroatoms. The average molecular weight is 417 g/mol. The first-order chi connectivity index (χ1) is 13.8. The molecule has 3 rings (SSSR count). The van der Waals surface area contributed by atoms with E-state index in [0.717, 1.165) is 4.09 Å². The van der Waals surface area contributed by atoms with Crippen molar-refractivity contribution in [2.75, 3.05) is 13.7 Å². The number of carbonyl (C=O) groups excluding carboxylic acids is 1. The third-order valence-electron chi connectivity index (χ3n) is 4.93. The first kappa shape index (κ1) is 20.8. The number of nitrogens with zero attached hydrogens (tertiary/aromatic N) is 3. The van der Waals surface area contributed by atoms with Gasteiger partial charge in [-0.25, -0.2) is 0 Å². The fourth-order valence-electron chi connectivity index (χ4n) is 3.27. The second kappa shape index (κ2) is 8.22. The van der Waals surface area contributed by atoms with Gasteiger partial charge in [-0.1, -0.05) is 18.7 Å². The fourth-order valence-corrected chi connectivity index (χ4v) is 4.44. The predicted octanol–water partition coefficient (Wildman–Crippen LogP) is 1.71. The topological polar surface area (TPSA) is 102 Å². The molecule has 1 atom stereocenters. The monoisotopic (exact) mass is 417 g/mol. The minimum atomic E-state index is -3.84. The number of allylic oxidation sites excluding steroid dienone is 2. The van der Waals surface area contributed by atoms with Crippen LogP contribution in [0.1, 0.15) is 18.2 Å². The van der Waals surface area contributed by atoms with Gasteiger partial charge in [0, 0.05) is 18.3 Å². The molecule has 1 aliphatic heterocycles. The van der Waals surface area contributed by atoms with Crippen LogP contribution in [0, 0.1) is 5.92 Å². The molecule has 0 saturated heterocycles. The van der Waals surface area contributed by atoms with Crippen LogP contribution in [0.3, 0.4) is 0 Å². The minimum absolute atomic E-state index is 0.0939. The molecule has 8 nitrogen and oxygen atoms in total. The molecule has 29 heavy (non-hydrogen) atoms. The number of hydrogen-bond donors (Lipinski definition) is 1. The molecular formula is C20H23N3O5S. The number of aromatic nitrogens is 2. The number of hydrogen-bond acceptors (Lipinski definition) is 6. The lowest BCUT2D eigenvalue weighted by Gasteiger charge is -2.22. The van der Waals surface area contributed by atoms with Crippen LogP contribution < -0.4 is 4.74 Å². The van der Waals surface area contributed by atoms with E-state index >= 15 is 0 Å². The first-order valence-electron chi connectivity index (χ1n) is 9.01. The molecule has 0 aliphatic carbocycles. The van der Waals surface area contributed by atoms with Crippen LogP contribution in [0.4, 0.5) is 0 Å². The standard InChI is InChI=1S/C20H23N3O5S/c1-4-14(5-2)18(13-24)20(25)22-10-15-11-23(21-19(15)12-22)29(26,27)17-8-6-16(28-3)7-9-17/h4-9,11,18,24H,1,10,12-13H2,2-3H3/b14-5-/t18-/m1/s1. The van der Waals surface area contributed by atoms with Gasteiger partial charge in [-0.3, -0.25) is 4.79 Å². The third kappa shape index (κ3) is 3.83. The van der Waals surface area contributed by atoms with Gasteiger partial charge < -0.3 is 14.7 Å². The Hall–Kier alpha value is -2.91. The van der Waals surface area contributed by atoms with E-state index in [0.29, 0.717) is 22.6 Å². The van der Waals surface area contributed by atoms with Crippen molar-refractivity contribution >= 4 is 15.9 Å². The quantitative estimate of drug-likeness (QED) is 0.688. The van der Waals surface area contributed by atoms with Crippen LogP contribution in [0.5, 0.6) is 5.75 Å². The van der Waals surface area contributed by atoms with Crippen molar-refractivity contribution in [3.63, 3.8) is 0 Å². The number of ether oxygens (including phenoxy) is 1. The number of fused-ring (bicyclic) bond motifs is 1. The summed E-state index contributed by atoms with van der Waals surface area (Å²) in [5.41, 5.74) is 1.83. The third-order valence-corrected chi connectivity index (χ3v) is 6.47. The van der Waals surface area contributed by atoms with Gasteiger partial charge in [0.1, 0.15) is 5.75 Å². The maximum Gasteiger partial charge on any atom is 0.282 e. The summed E-state index contributed by atoms with van der Waals surface area (Å²) < 4.78 is 31.6. The van der Waals surface area contributed by atoms with Crippen LogP contribution in [-0.2, 0) is 27.9 Å². The summed E-state index contributed by atoms with van der Waals surface area (Å²) in [6, 6.07) is 6.04. The molecule has 2 heterocycles. The summed E-state index contributed by atoms with van der Waals surface area (Å²) in [7, 11) is -2.33. The van der Waals surface area contributed by atoms with Crippen LogP contribution in [0.2, 0.25) is 0 Å². The van der Waals surface area contributed by atoms with Crippen LogP contribution in [0.25, 0.3) is 0 Å². The number of benzene rings is 1. The molecule has 1 amide bonds. The summed E-state index contributed by atoms with van der Waals surface area (Å²) in [6.45, 7) is 5.54. The van der Waals surface area contributed by atoms with E-state index in [4.69, 9.17) is 4.74 Å². The van der Waals surface area contributed by atoms with E-state index < -0.39 is 15.9 Å². The maximum absolute atomic E-state index is 12.8. The molecule has 0 spiro atoms. The molecule has 2 aromatic rings. The second-order valence-corrected chi connectivity index (χ2v) is 8.37. The average Bonchev–Trinajstić information content (AvgIpc) is 3.31. The molecule has 1 aliphatic rings. The van der Waals surface area contributed by atoms with Crippen molar-refractivity contribution in [2.24, 2.45) is 5.92 Å². The lowest BCUT2D eigenvalue weighted by atomic mass is 9.98. The maximum atomic E-state index is 12.8. The molecule has 0 fully saturated rings. The van der Waals surface area contributed by atoms with Crippen LogP contribution >= 0.6 is 0 Å². The molecule has 0 saturated carbocycles. The molecule has 0 unspecified atom stereocenters. The van der Waals surface area contributed by atoms with Crippen molar-refractivity contribution in [1.29, 1.82) is 0 Å². The van der Waals surface area contributed by atoms with Gasteiger partial charge in [0.05, 0.1) is 36.8 Å². The molecule has 0 bridgehead atoms. The number of aliphatic hydroxyl groups excluding tert-OH is 1. The summed E-state index contributed by atoms with van der Waals surface area (Å²) in [5.74, 6) is -0.390. The largest absolute Gasteiger partial charge is 0.497 e. The highest BCUT2D eigenvalue weighted by molar-refractivity contribution is 7.89. The van der Waals surface area contributed by atoms with Gasteiger partial charge >= 0.3 is 0 Å². The Kier molecular flexibility index (Phi) is 5.90. The Morgan fingerprint density at radius 1 is 1.34 bits per heavy atom. The zero-order valence-corrected chi connectivity index (χ0v) is 17.1. The van der Waals surface area contributed by atoms with E-state index in [1.807, 2.05) is 0 Å². The molecule has 1 aromatic carbocycles. The van der Waals surface area contributed by atoms with Crippen molar-refractivity contribution in [2.45, 2.75) is 24.9 Å². The Balaban J connectivity index is 1.80. The Labute approximate surface area is 169 Å². The van der Waals surface area contributed by atoms with E-state index in [9.17, 15) is 18.3 Å². The van der Waals surface area contributed by atoms with Gasteiger partial charge in [-0.05, 0) is 36.8 Å². The number of amides is 1. The highest BCUT2D eigenvalue weighted by Gasteiger charge is 2.33. The molecule has 1 aromatic heterocycles. The minimum Gasteiger partial charge on any atom is -0.497 e. The summed E-state index contributed by atoms with van der Waals surface area (Å²) in [4.78, 5) is 14.4. The highest BCUT2D eigenvalue weighted by atomic mass is 32.2. The van der Waals surface area contributed by atoms with E-state index in [2.05, 4.69) is 11.7 Å². The van der Waals surface area contributed by atoms with Crippen LogP contribution in [-0.4, -0.2) is 47.2 Å². The summed E-state index contributed by atoms with van der Waals surface area (Å²) >= 11 is 0. The zero-order valence-electron chi connectivity index (χ0n) is 16.3. The normalized spacial score (nSPS) is 15.1. The number of aliphatic hydroxyl groups is 1. The van der Waals surface area contributed by atoms with Crippen molar-refractivity contribution in [3.05, 3.63) is 66.0 Å². The molecule has 154 valence electrons. The number of rotatable bonds is 7. The lowest BCUT2D eigenvalue weighted by Crippen LogP contribution is -2.35. The van der Waals surface area contributed by atoms with Gasteiger partial charge in [0.15, 0.2) is 0 Å². The Morgan fingerprint density at radius 2 is 2.03 bits per heavy atom.